The van der Waals surface area contributed by atoms with Gasteiger partial charge in [0.15, 0.2) is 0 Å². The minimum atomic E-state index is -3.44. The van der Waals surface area contributed by atoms with Crippen LogP contribution >= 0.6 is 0 Å². The van der Waals surface area contributed by atoms with Gasteiger partial charge in [-0.25, -0.2) is 21.6 Å². The molecule has 6 nitrogen and oxygen atoms in total. The highest BCUT2D eigenvalue weighted by Crippen LogP contribution is 2.13. The molecular weight excluding hydrogens is 288 g/mol. The Morgan fingerprint density at radius 3 is 2.11 bits per heavy atom. The lowest BCUT2D eigenvalue weighted by Crippen LogP contribution is -2.23. The second-order valence-electron chi connectivity index (χ2n) is 4.08. The monoisotopic (exact) mass is 306 g/mol. The zero-order chi connectivity index (χ0) is 14.5. The minimum absolute atomic E-state index is 0.0322. The van der Waals surface area contributed by atoms with Gasteiger partial charge in [0.1, 0.15) is 9.84 Å². The lowest BCUT2D eigenvalue weighted by molar-refractivity contribution is 0.584. The van der Waals surface area contributed by atoms with Crippen molar-refractivity contribution >= 4 is 25.5 Å². The van der Waals surface area contributed by atoms with E-state index < -0.39 is 19.9 Å². The van der Waals surface area contributed by atoms with Gasteiger partial charge < -0.3 is 5.32 Å². The number of benzene rings is 1. The van der Waals surface area contributed by atoms with Gasteiger partial charge in [0.05, 0.1) is 10.6 Å². The van der Waals surface area contributed by atoms with Crippen LogP contribution in [0.2, 0.25) is 0 Å². The molecule has 0 aliphatic carbocycles. The highest BCUT2D eigenvalue weighted by molar-refractivity contribution is 7.90. The van der Waals surface area contributed by atoms with E-state index in [9.17, 15) is 16.8 Å². The van der Waals surface area contributed by atoms with E-state index in [1.165, 1.54) is 18.4 Å². The van der Waals surface area contributed by atoms with Gasteiger partial charge in [-0.3, -0.25) is 0 Å². The van der Waals surface area contributed by atoms with Crippen molar-refractivity contribution in [2.75, 3.05) is 30.4 Å². The smallest absolute Gasteiger partial charge is 0.240 e. The lowest BCUT2D eigenvalue weighted by atomic mass is 10.3. The zero-order valence-electron chi connectivity index (χ0n) is 10.9. The van der Waals surface area contributed by atoms with Crippen LogP contribution in [0.5, 0.6) is 0 Å². The van der Waals surface area contributed by atoms with Gasteiger partial charge in [-0.05, 0) is 24.3 Å². The summed E-state index contributed by atoms with van der Waals surface area (Å²) in [5, 5.41) is 2.92. The first-order valence-electron chi connectivity index (χ1n) is 5.76. The van der Waals surface area contributed by atoms with Crippen LogP contribution in [0.25, 0.3) is 0 Å². The number of anilines is 1. The summed E-state index contributed by atoms with van der Waals surface area (Å²) in [6.45, 7) is 2.33. The van der Waals surface area contributed by atoms with Crippen LogP contribution in [0.1, 0.15) is 6.92 Å². The molecular formula is C11H18N2O4S2. The molecule has 0 aliphatic rings. The molecule has 0 aromatic heterocycles. The second-order valence-corrected chi connectivity index (χ2v) is 8.11. The molecule has 0 radical (unpaired) electrons. The van der Waals surface area contributed by atoms with Crippen LogP contribution in [0.15, 0.2) is 29.2 Å². The van der Waals surface area contributed by atoms with E-state index in [0.717, 1.165) is 0 Å². The SMILES string of the molecule is CCNS(=O)(=O)c1ccc(NCCS(C)(=O)=O)cc1. The van der Waals surface area contributed by atoms with Crippen molar-refractivity contribution in [2.45, 2.75) is 11.8 Å². The predicted octanol–water partition coefficient (Wildman–Crippen LogP) is 0.441. The highest BCUT2D eigenvalue weighted by atomic mass is 32.2. The summed E-state index contributed by atoms with van der Waals surface area (Å²) in [5.74, 6) is 0.0322. The molecule has 0 fully saturated rings. The molecule has 0 heterocycles. The molecule has 0 amide bonds. The maximum Gasteiger partial charge on any atom is 0.240 e. The molecule has 0 atom stereocenters. The van der Waals surface area contributed by atoms with Crippen LogP contribution in [-0.2, 0) is 19.9 Å². The average molecular weight is 306 g/mol. The number of rotatable bonds is 7. The third kappa shape index (κ3) is 5.58. The molecule has 2 N–H and O–H groups in total. The van der Waals surface area contributed by atoms with E-state index >= 15 is 0 Å². The fourth-order valence-electron chi connectivity index (χ4n) is 1.41. The first kappa shape index (κ1) is 15.9. The standard InChI is InChI=1S/C11H18N2O4S2/c1-3-13-19(16,17)11-6-4-10(5-7-11)12-8-9-18(2,14)15/h4-7,12-13H,3,8-9H2,1-2H3. The van der Waals surface area contributed by atoms with Crippen molar-refractivity contribution in [1.29, 1.82) is 0 Å². The Bertz CT molecular complexity index is 607. The number of hydrogen-bond donors (Lipinski definition) is 2. The van der Waals surface area contributed by atoms with Crippen LogP contribution in [-0.4, -0.2) is 41.9 Å². The Hall–Kier alpha value is -1.12. The topological polar surface area (TPSA) is 92.3 Å². The molecule has 1 aromatic carbocycles. The highest BCUT2D eigenvalue weighted by Gasteiger charge is 2.11. The zero-order valence-corrected chi connectivity index (χ0v) is 12.5. The van der Waals surface area contributed by atoms with Crippen molar-refractivity contribution < 1.29 is 16.8 Å². The molecule has 8 heteroatoms. The summed E-state index contributed by atoms with van der Waals surface area (Å²) in [6.07, 6.45) is 1.17. The molecule has 0 unspecified atom stereocenters. The summed E-state index contributed by atoms with van der Waals surface area (Å²) < 4.78 is 47.7. The van der Waals surface area contributed by atoms with E-state index in [1.807, 2.05) is 0 Å². The number of sulfone groups is 1. The Labute approximate surface area is 114 Å². The second kappa shape index (κ2) is 6.36. The summed E-state index contributed by atoms with van der Waals surface area (Å²) in [5.41, 5.74) is 0.680. The minimum Gasteiger partial charge on any atom is -0.384 e. The third-order valence-corrected chi connectivity index (χ3v) is 4.81. The fourth-order valence-corrected chi connectivity index (χ4v) is 2.92. The fraction of sp³-hybridized carbons (Fsp3) is 0.455. The summed E-state index contributed by atoms with van der Waals surface area (Å²) in [4.78, 5) is 0.183. The molecule has 0 saturated heterocycles. The summed E-state index contributed by atoms with van der Waals surface area (Å²) >= 11 is 0. The molecule has 1 rings (SSSR count). The third-order valence-electron chi connectivity index (χ3n) is 2.30. The van der Waals surface area contributed by atoms with Gasteiger partial charge in [0, 0.05) is 25.0 Å². The van der Waals surface area contributed by atoms with Crippen LogP contribution < -0.4 is 10.0 Å². The van der Waals surface area contributed by atoms with Crippen molar-refractivity contribution in [3.63, 3.8) is 0 Å². The number of nitrogens with one attached hydrogen (secondary N) is 2. The van der Waals surface area contributed by atoms with Crippen molar-refractivity contribution in [1.82, 2.24) is 4.72 Å². The van der Waals surface area contributed by atoms with Gasteiger partial charge in [-0.15, -0.1) is 0 Å². The van der Waals surface area contributed by atoms with Crippen molar-refractivity contribution in [3.8, 4) is 0 Å². The summed E-state index contributed by atoms with van der Waals surface area (Å²) in [7, 11) is -6.45. The van der Waals surface area contributed by atoms with Crippen molar-refractivity contribution in [2.24, 2.45) is 0 Å². The maximum absolute atomic E-state index is 11.7. The average Bonchev–Trinajstić information content (AvgIpc) is 2.28. The molecule has 0 saturated carbocycles. The van der Waals surface area contributed by atoms with Crippen molar-refractivity contribution in [3.05, 3.63) is 24.3 Å². The quantitative estimate of drug-likeness (QED) is 0.762. The van der Waals surface area contributed by atoms with Gasteiger partial charge in [0.2, 0.25) is 10.0 Å². The molecule has 0 bridgehead atoms. The number of sulfonamides is 1. The molecule has 0 spiro atoms. The lowest BCUT2D eigenvalue weighted by Gasteiger charge is -2.08. The molecule has 108 valence electrons. The van der Waals surface area contributed by atoms with E-state index in [4.69, 9.17) is 0 Å². The predicted molar refractivity (Wildman–Crippen MR) is 75.5 cm³/mol. The Kier molecular flexibility index (Phi) is 5.33. The largest absolute Gasteiger partial charge is 0.384 e. The van der Waals surface area contributed by atoms with E-state index in [1.54, 1.807) is 19.1 Å². The van der Waals surface area contributed by atoms with E-state index in [0.29, 0.717) is 12.2 Å². The molecule has 1 aromatic rings. The van der Waals surface area contributed by atoms with E-state index in [2.05, 4.69) is 10.0 Å². The van der Waals surface area contributed by atoms with Crippen LogP contribution in [0, 0.1) is 0 Å². The van der Waals surface area contributed by atoms with Gasteiger partial charge in [-0.1, -0.05) is 6.92 Å². The Morgan fingerprint density at radius 2 is 1.63 bits per heavy atom. The summed E-state index contributed by atoms with van der Waals surface area (Å²) in [6, 6.07) is 6.15. The first-order chi connectivity index (χ1) is 8.74. The normalized spacial score (nSPS) is 12.3. The Morgan fingerprint density at radius 1 is 1.05 bits per heavy atom. The van der Waals surface area contributed by atoms with Crippen LogP contribution in [0.4, 0.5) is 5.69 Å². The van der Waals surface area contributed by atoms with Crippen LogP contribution in [0.3, 0.4) is 0 Å². The van der Waals surface area contributed by atoms with Gasteiger partial charge in [-0.2, -0.15) is 0 Å². The first-order valence-corrected chi connectivity index (χ1v) is 9.30. The van der Waals surface area contributed by atoms with E-state index in [-0.39, 0.29) is 17.2 Å². The van der Waals surface area contributed by atoms with Gasteiger partial charge in [0.25, 0.3) is 0 Å². The van der Waals surface area contributed by atoms with Gasteiger partial charge >= 0.3 is 0 Å². The molecule has 0 aliphatic heterocycles. The molecule has 19 heavy (non-hydrogen) atoms. The number of hydrogen-bond acceptors (Lipinski definition) is 5. The Balaban J connectivity index is 2.67. The maximum atomic E-state index is 11.7.